The third-order valence-corrected chi connectivity index (χ3v) is 12.5. The maximum absolute atomic E-state index is 4.55. The molecule has 0 aromatic carbocycles. The topological polar surface area (TPSA) is 25.8 Å². The van der Waals surface area contributed by atoms with Crippen molar-refractivity contribution < 1.29 is 0 Å². The molecular formula is C31H40N2P2. The van der Waals surface area contributed by atoms with Crippen LogP contribution in [0.4, 0.5) is 0 Å². The predicted molar refractivity (Wildman–Crippen MR) is 152 cm³/mol. The Labute approximate surface area is 215 Å². The molecular weight excluding hydrogens is 462 g/mol. The number of aromatic nitrogens is 2. The Morgan fingerprint density at radius 2 is 1.46 bits per heavy atom. The minimum atomic E-state index is -0.320. The second kappa shape index (κ2) is 8.89. The van der Waals surface area contributed by atoms with Crippen molar-refractivity contribution in [2.45, 2.75) is 75.3 Å². The van der Waals surface area contributed by atoms with Gasteiger partial charge < -0.3 is 0 Å². The molecule has 2 aromatic rings. The summed E-state index contributed by atoms with van der Waals surface area (Å²) in [6, 6.07) is 8.65. The predicted octanol–water partition coefficient (Wildman–Crippen LogP) is 7.77. The highest BCUT2D eigenvalue weighted by atomic mass is 31.1. The highest BCUT2D eigenvalue weighted by Gasteiger charge is 2.57. The first-order valence-corrected chi connectivity index (χ1v) is 15.2. The summed E-state index contributed by atoms with van der Waals surface area (Å²) in [6.07, 6.45) is 24.1. The molecule has 0 amide bonds. The van der Waals surface area contributed by atoms with Crippen molar-refractivity contribution in [1.29, 1.82) is 0 Å². The van der Waals surface area contributed by atoms with Crippen LogP contribution >= 0.6 is 17.8 Å². The Morgan fingerprint density at radius 1 is 0.914 bits per heavy atom. The van der Waals surface area contributed by atoms with E-state index in [2.05, 4.69) is 94.9 Å². The van der Waals surface area contributed by atoms with Gasteiger partial charge in [0.15, 0.2) is 0 Å². The molecule has 4 heteroatoms. The van der Waals surface area contributed by atoms with Crippen LogP contribution in [0.2, 0.25) is 0 Å². The largest absolute Gasteiger partial charge is 0.264 e. The molecule has 0 spiro atoms. The molecule has 0 saturated heterocycles. The lowest BCUT2D eigenvalue weighted by atomic mass is 9.47. The van der Waals surface area contributed by atoms with Gasteiger partial charge in [0.1, 0.15) is 0 Å². The monoisotopic (exact) mass is 502 g/mol. The number of hydrogen-bond acceptors (Lipinski definition) is 2. The van der Waals surface area contributed by atoms with Crippen LogP contribution in [0, 0.1) is 29.1 Å². The molecule has 0 aliphatic heterocycles. The highest BCUT2D eigenvalue weighted by Crippen LogP contribution is 2.67. The van der Waals surface area contributed by atoms with Crippen LogP contribution < -0.4 is 0 Å². The fourth-order valence-corrected chi connectivity index (χ4v) is 11.2. The molecule has 35 heavy (non-hydrogen) atoms. The Hall–Kier alpha value is -1.36. The average molecular weight is 503 g/mol. The number of pyridine rings is 2. The molecule has 0 radical (unpaired) electrons. The van der Waals surface area contributed by atoms with E-state index in [0.717, 1.165) is 26.3 Å². The van der Waals surface area contributed by atoms with Gasteiger partial charge >= 0.3 is 0 Å². The van der Waals surface area contributed by atoms with Crippen molar-refractivity contribution in [2.24, 2.45) is 29.1 Å². The van der Waals surface area contributed by atoms with Crippen molar-refractivity contribution >= 4 is 17.8 Å². The Kier molecular flexibility index (Phi) is 6.09. The van der Waals surface area contributed by atoms with Crippen molar-refractivity contribution in [3.8, 4) is 0 Å². The van der Waals surface area contributed by atoms with Gasteiger partial charge in [0.2, 0.25) is 0 Å². The summed E-state index contributed by atoms with van der Waals surface area (Å²) in [5.41, 5.74) is 5.20. The summed E-state index contributed by atoms with van der Waals surface area (Å²) in [4.78, 5) is 9.10. The fourth-order valence-electron chi connectivity index (χ4n) is 8.52. The lowest BCUT2D eigenvalue weighted by molar-refractivity contribution is -0.0577. The van der Waals surface area contributed by atoms with Gasteiger partial charge in [-0.25, -0.2) is 0 Å². The van der Waals surface area contributed by atoms with Crippen LogP contribution in [-0.2, 0) is 5.16 Å². The SMILES string of the molecule is CC(C)(C)PC(C1C=CC=C1C(P)(c1cccnc1)c1cccnc1)C12CC3CC(CC(C3)C1)C2. The van der Waals surface area contributed by atoms with Crippen LogP contribution in [0.1, 0.15) is 70.4 Å². The second-order valence-electron chi connectivity index (χ2n) is 13.0. The van der Waals surface area contributed by atoms with Crippen LogP contribution in [0.3, 0.4) is 0 Å². The van der Waals surface area contributed by atoms with Crippen molar-refractivity contribution in [3.05, 3.63) is 84.0 Å². The molecule has 4 fully saturated rings. The Balaban J connectivity index is 1.46. The molecule has 2 aromatic heterocycles. The first-order valence-electron chi connectivity index (χ1n) is 13.5. The number of rotatable bonds is 6. The van der Waals surface area contributed by atoms with Crippen LogP contribution in [0.5, 0.6) is 0 Å². The summed E-state index contributed by atoms with van der Waals surface area (Å²) in [5, 5.41) is 0.0152. The Bertz CT molecular complexity index is 1040. The standard InChI is InChI=1S/C31H40N2P2/c1-29(2,3)35-28(30-16-21-13-22(17-30)15-23(14-21)18-30)26-9-4-10-27(26)31(34,24-7-5-11-32-19-24)25-8-6-12-33-20-25/h4-12,19-23,26,28,35H,13-18,34H2,1-3H3. The zero-order valence-corrected chi connectivity index (χ0v) is 23.6. The van der Waals surface area contributed by atoms with E-state index in [0.29, 0.717) is 22.1 Å². The van der Waals surface area contributed by atoms with Gasteiger partial charge in [-0.15, -0.1) is 17.8 Å². The van der Waals surface area contributed by atoms with E-state index >= 15 is 0 Å². The van der Waals surface area contributed by atoms with Gasteiger partial charge in [0, 0.05) is 30.7 Å². The third-order valence-electron chi connectivity index (χ3n) is 9.34. The van der Waals surface area contributed by atoms with E-state index in [-0.39, 0.29) is 5.16 Å². The minimum absolute atomic E-state index is 0.320. The van der Waals surface area contributed by atoms with Crippen LogP contribution in [0.25, 0.3) is 0 Å². The summed E-state index contributed by atoms with van der Waals surface area (Å²) in [5.74, 6) is 3.39. The van der Waals surface area contributed by atoms with E-state index in [1.54, 1.807) is 0 Å². The molecule has 0 N–H and O–H groups in total. The van der Waals surface area contributed by atoms with Gasteiger partial charge in [-0.1, -0.05) is 51.1 Å². The van der Waals surface area contributed by atoms with Gasteiger partial charge in [-0.3, -0.25) is 9.97 Å². The van der Waals surface area contributed by atoms with E-state index in [1.165, 1.54) is 55.2 Å². The fraction of sp³-hybridized carbons (Fsp3) is 0.548. The molecule has 4 atom stereocenters. The number of hydrogen-bond donors (Lipinski definition) is 0. The van der Waals surface area contributed by atoms with E-state index in [1.807, 2.05) is 12.4 Å². The highest BCUT2D eigenvalue weighted by molar-refractivity contribution is 7.40. The van der Waals surface area contributed by atoms with Gasteiger partial charge in [0.05, 0.1) is 5.16 Å². The molecule has 5 aliphatic rings. The maximum Gasteiger partial charge on any atom is 0.0590 e. The summed E-state index contributed by atoms with van der Waals surface area (Å²) < 4.78 is 0. The maximum atomic E-state index is 4.55. The Morgan fingerprint density at radius 3 is 1.91 bits per heavy atom. The average Bonchev–Trinajstić information content (AvgIpc) is 3.32. The molecule has 5 aliphatic carbocycles. The quantitative estimate of drug-likeness (QED) is 0.377. The van der Waals surface area contributed by atoms with Gasteiger partial charge in [0.25, 0.3) is 0 Å². The summed E-state index contributed by atoms with van der Waals surface area (Å²) >= 11 is 0. The third kappa shape index (κ3) is 4.28. The normalized spacial score (nSPS) is 33.0. The zero-order valence-electron chi connectivity index (χ0n) is 21.5. The second-order valence-corrected chi connectivity index (χ2v) is 16.3. The molecule has 7 rings (SSSR count). The summed E-state index contributed by atoms with van der Waals surface area (Å²) in [7, 11) is 4.23. The van der Waals surface area contributed by atoms with E-state index in [9.17, 15) is 0 Å². The molecule has 2 heterocycles. The minimum Gasteiger partial charge on any atom is -0.264 e. The van der Waals surface area contributed by atoms with Gasteiger partial charge in [-0.2, -0.15) is 0 Å². The van der Waals surface area contributed by atoms with E-state index in [4.69, 9.17) is 0 Å². The summed E-state index contributed by atoms with van der Waals surface area (Å²) in [6.45, 7) is 7.41. The van der Waals surface area contributed by atoms with Crippen molar-refractivity contribution in [2.75, 3.05) is 0 Å². The van der Waals surface area contributed by atoms with Crippen molar-refractivity contribution in [1.82, 2.24) is 9.97 Å². The number of allylic oxidation sites excluding steroid dienone is 4. The van der Waals surface area contributed by atoms with Gasteiger partial charge in [-0.05, 0) is 101 Å². The molecule has 4 bridgehead atoms. The molecule has 2 nitrogen and oxygen atoms in total. The smallest absolute Gasteiger partial charge is 0.0590 e. The van der Waals surface area contributed by atoms with Crippen molar-refractivity contribution in [3.63, 3.8) is 0 Å². The number of nitrogens with zero attached hydrogens (tertiary/aromatic N) is 2. The molecule has 184 valence electrons. The van der Waals surface area contributed by atoms with Crippen LogP contribution in [-0.4, -0.2) is 20.8 Å². The first-order chi connectivity index (χ1) is 16.8. The lowest BCUT2D eigenvalue weighted by Gasteiger charge is -2.61. The lowest BCUT2D eigenvalue weighted by Crippen LogP contribution is -2.53. The van der Waals surface area contributed by atoms with Crippen LogP contribution in [0.15, 0.2) is 72.9 Å². The zero-order chi connectivity index (χ0) is 24.3. The molecule has 4 unspecified atom stereocenters. The first kappa shape index (κ1) is 24.0. The molecule has 4 saturated carbocycles. The van der Waals surface area contributed by atoms with E-state index < -0.39 is 0 Å².